The number of hydrogen-bond acceptors (Lipinski definition) is 9. The zero-order valence-electron chi connectivity index (χ0n) is 33.8. The molecule has 0 radical (unpaired) electrons. The molecule has 324 valence electrons. The Morgan fingerprint density at radius 1 is 0.733 bits per heavy atom. The number of phenolic OH excluding ortho intramolecular Hbond substituents is 1. The molecule has 0 bridgehead atoms. The summed E-state index contributed by atoms with van der Waals surface area (Å²) in [6.07, 6.45) is 2.17. The number of guanidine groups is 1. The van der Waals surface area contributed by atoms with E-state index in [-0.39, 0.29) is 69.0 Å². The smallest absolute Gasteiger partial charge is 0.344 e. The normalized spacial score (nSPS) is 12.5. The first kappa shape index (κ1) is 47.7. The van der Waals surface area contributed by atoms with Crippen LogP contribution >= 0.6 is 0 Å². The van der Waals surface area contributed by atoms with Gasteiger partial charge in [0.05, 0.1) is 12.5 Å². The van der Waals surface area contributed by atoms with E-state index in [1.54, 1.807) is 43.3 Å². The van der Waals surface area contributed by atoms with Gasteiger partial charge >= 0.3 is 12.0 Å². The van der Waals surface area contributed by atoms with Crippen molar-refractivity contribution in [2.75, 3.05) is 32.8 Å². The number of benzene rings is 3. The second-order valence-electron chi connectivity index (χ2n) is 13.8. The first-order valence-electron chi connectivity index (χ1n) is 19.9. The average Bonchev–Trinajstić information content (AvgIpc) is 3.23. The van der Waals surface area contributed by atoms with E-state index in [0.717, 1.165) is 5.56 Å². The van der Waals surface area contributed by atoms with E-state index < -0.39 is 41.8 Å². The minimum Gasteiger partial charge on any atom is -0.508 e. The Hall–Kier alpha value is -6.69. The quantitative estimate of drug-likeness (QED) is 0.0332. The SMILES string of the molecule is CCC(=O)NCCNC(=O)/N=C(/N)NCCC[C@@H](NC(=O)C(c1ccccc1)c1cccc(OCCCCNC(=O)CC[C@@H](N)C(=O)O)c1)C(=O)NCc1ccc(O)cc1. The van der Waals surface area contributed by atoms with Crippen LogP contribution in [0, 0.1) is 0 Å². The maximum Gasteiger partial charge on any atom is 0.344 e. The van der Waals surface area contributed by atoms with Crippen LogP contribution in [0.1, 0.15) is 74.5 Å². The molecule has 0 aliphatic rings. The second-order valence-corrected chi connectivity index (χ2v) is 13.8. The van der Waals surface area contributed by atoms with Gasteiger partial charge in [0.1, 0.15) is 23.6 Å². The molecule has 12 N–H and O–H groups in total. The van der Waals surface area contributed by atoms with E-state index in [9.17, 15) is 33.9 Å². The van der Waals surface area contributed by atoms with Crippen LogP contribution in [-0.4, -0.2) is 96.7 Å². The summed E-state index contributed by atoms with van der Waals surface area (Å²) >= 11 is 0. The van der Waals surface area contributed by atoms with Crippen molar-refractivity contribution in [3.63, 3.8) is 0 Å². The van der Waals surface area contributed by atoms with Crippen molar-refractivity contribution < 1.29 is 43.7 Å². The number of nitrogens with two attached hydrogens (primary N) is 2. The highest BCUT2D eigenvalue weighted by Crippen LogP contribution is 2.28. The van der Waals surface area contributed by atoms with E-state index >= 15 is 0 Å². The number of nitrogens with one attached hydrogen (secondary N) is 6. The highest BCUT2D eigenvalue weighted by molar-refractivity contribution is 5.93. The fourth-order valence-corrected chi connectivity index (χ4v) is 5.73. The number of unbranched alkanes of at least 4 members (excludes halogenated alkanes) is 1. The number of urea groups is 1. The number of carboxylic acids is 1. The monoisotopic (exact) mass is 831 g/mol. The molecule has 0 aliphatic carbocycles. The molecule has 0 fully saturated rings. The molecule has 0 saturated heterocycles. The molecule has 3 aromatic rings. The molecule has 60 heavy (non-hydrogen) atoms. The summed E-state index contributed by atoms with van der Waals surface area (Å²) in [7, 11) is 0. The molecule has 1 unspecified atom stereocenters. The number of carboxylic acid groups (broad SMARTS) is 1. The van der Waals surface area contributed by atoms with Crippen molar-refractivity contribution in [3.8, 4) is 11.5 Å². The summed E-state index contributed by atoms with van der Waals surface area (Å²) in [6, 6.07) is 19.9. The third-order valence-corrected chi connectivity index (χ3v) is 9.03. The molecule has 0 spiro atoms. The van der Waals surface area contributed by atoms with Gasteiger partial charge in [-0.2, -0.15) is 4.99 Å². The van der Waals surface area contributed by atoms with Crippen molar-refractivity contribution in [1.82, 2.24) is 31.9 Å². The Kier molecular flexibility index (Phi) is 20.9. The number of carbonyl (C=O) groups is 6. The number of amides is 6. The molecular formula is C42H57N9O9. The predicted octanol–water partition coefficient (Wildman–Crippen LogP) is 1.71. The van der Waals surface area contributed by atoms with E-state index in [1.165, 1.54) is 12.1 Å². The molecule has 0 heterocycles. The highest BCUT2D eigenvalue weighted by atomic mass is 16.5. The number of ether oxygens (including phenoxy) is 1. The fourth-order valence-electron chi connectivity index (χ4n) is 5.73. The summed E-state index contributed by atoms with van der Waals surface area (Å²) in [5, 5.41) is 35.1. The number of nitrogens with zero attached hydrogens (tertiary/aromatic N) is 1. The van der Waals surface area contributed by atoms with Crippen LogP contribution in [0.2, 0.25) is 0 Å². The number of carbonyl (C=O) groups excluding carboxylic acids is 5. The number of aliphatic carboxylic acids is 1. The first-order chi connectivity index (χ1) is 28.9. The topological polar surface area (TPSA) is 289 Å². The Labute approximate surface area is 349 Å². The van der Waals surface area contributed by atoms with Gasteiger partial charge in [-0.1, -0.05) is 61.5 Å². The maximum absolute atomic E-state index is 14.3. The zero-order valence-corrected chi connectivity index (χ0v) is 33.8. The minimum atomic E-state index is -1.15. The number of hydrogen-bond donors (Lipinski definition) is 10. The fraction of sp³-hybridized carbons (Fsp3) is 0.405. The molecule has 3 aromatic carbocycles. The Bertz CT molecular complexity index is 1880. The van der Waals surface area contributed by atoms with Gasteiger partial charge in [0, 0.05) is 45.6 Å². The number of phenols is 1. The van der Waals surface area contributed by atoms with Crippen LogP contribution in [-0.2, 0) is 30.5 Å². The average molecular weight is 832 g/mol. The molecular weight excluding hydrogens is 775 g/mol. The van der Waals surface area contributed by atoms with Crippen LogP contribution in [0.5, 0.6) is 11.5 Å². The van der Waals surface area contributed by atoms with E-state index in [0.29, 0.717) is 55.7 Å². The summed E-state index contributed by atoms with van der Waals surface area (Å²) in [4.78, 5) is 78.0. The lowest BCUT2D eigenvalue weighted by Gasteiger charge is -2.24. The van der Waals surface area contributed by atoms with Crippen LogP contribution < -0.4 is 48.1 Å². The molecule has 6 amide bonds. The molecule has 18 heteroatoms. The van der Waals surface area contributed by atoms with Crippen LogP contribution in [0.25, 0.3) is 0 Å². The molecule has 18 nitrogen and oxygen atoms in total. The van der Waals surface area contributed by atoms with Crippen LogP contribution in [0.15, 0.2) is 83.9 Å². The number of aliphatic imine (C=N–C) groups is 1. The predicted molar refractivity (Wildman–Crippen MR) is 225 cm³/mol. The maximum atomic E-state index is 14.3. The molecule has 0 aromatic heterocycles. The zero-order chi connectivity index (χ0) is 43.7. The summed E-state index contributed by atoms with van der Waals surface area (Å²) < 4.78 is 6.00. The van der Waals surface area contributed by atoms with Crippen molar-refractivity contribution in [3.05, 3.63) is 95.6 Å². The minimum absolute atomic E-state index is 0.0195. The van der Waals surface area contributed by atoms with Crippen molar-refractivity contribution in [2.24, 2.45) is 16.5 Å². The molecule has 0 saturated carbocycles. The van der Waals surface area contributed by atoms with Gasteiger partial charge in [0.15, 0.2) is 5.96 Å². The number of aromatic hydroxyl groups is 1. The van der Waals surface area contributed by atoms with E-state index in [4.69, 9.17) is 21.3 Å². The van der Waals surface area contributed by atoms with Gasteiger partial charge < -0.3 is 58.3 Å². The van der Waals surface area contributed by atoms with Gasteiger partial charge in [-0.3, -0.25) is 24.0 Å². The van der Waals surface area contributed by atoms with Gasteiger partial charge in [-0.15, -0.1) is 0 Å². The third-order valence-electron chi connectivity index (χ3n) is 9.03. The Morgan fingerprint density at radius 2 is 1.42 bits per heavy atom. The lowest BCUT2D eigenvalue weighted by Crippen LogP contribution is -2.48. The van der Waals surface area contributed by atoms with Crippen molar-refractivity contribution in [2.45, 2.75) is 76.4 Å². The summed E-state index contributed by atoms with van der Waals surface area (Å²) in [5.41, 5.74) is 13.4. The number of rotatable bonds is 25. The van der Waals surface area contributed by atoms with Gasteiger partial charge in [0.2, 0.25) is 23.6 Å². The van der Waals surface area contributed by atoms with Crippen molar-refractivity contribution >= 4 is 41.6 Å². The van der Waals surface area contributed by atoms with Crippen LogP contribution in [0.4, 0.5) is 4.79 Å². The summed E-state index contributed by atoms with van der Waals surface area (Å²) in [5.74, 6) is -2.77. The van der Waals surface area contributed by atoms with E-state index in [2.05, 4.69) is 36.9 Å². The molecule has 3 atom stereocenters. The summed E-state index contributed by atoms with van der Waals surface area (Å²) in [6.45, 7) is 3.23. The van der Waals surface area contributed by atoms with Gasteiger partial charge in [-0.05, 0) is 73.1 Å². The lowest BCUT2D eigenvalue weighted by molar-refractivity contribution is -0.138. The van der Waals surface area contributed by atoms with Gasteiger partial charge in [0.25, 0.3) is 0 Å². The standard InChI is InChI=1S/C42H57N9O9/c1-2-35(53)46-23-24-48-42(59)51-41(44)47-22-9-14-34(38(55)49-27-28-15-17-31(52)18-16-28)50-39(56)37(29-10-4-3-5-11-29)30-12-8-13-32(26-30)60-25-7-6-21-45-36(54)20-19-33(43)40(57)58/h3-5,8,10-13,15-18,26,33-34,37,52H,2,6-7,9,14,19-25,27,43H2,1H3,(H,45,54)(H,46,53)(H,49,55)(H,50,56)(H,57,58)(H4,44,47,48,51,59)/t33-,34-,37?/m1/s1. The molecule has 3 rings (SSSR count). The second kappa shape index (κ2) is 26.3. The largest absolute Gasteiger partial charge is 0.508 e. The lowest BCUT2D eigenvalue weighted by atomic mass is 9.90. The van der Waals surface area contributed by atoms with Gasteiger partial charge in [-0.25, -0.2) is 4.79 Å². The molecule has 0 aliphatic heterocycles. The third kappa shape index (κ3) is 18.3. The van der Waals surface area contributed by atoms with Crippen molar-refractivity contribution in [1.29, 1.82) is 0 Å². The van der Waals surface area contributed by atoms with Crippen LogP contribution in [0.3, 0.4) is 0 Å². The highest BCUT2D eigenvalue weighted by Gasteiger charge is 2.28. The first-order valence-corrected chi connectivity index (χ1v) is 19.9. The Morgan fingerprint density at radius 3 is 2.13 bits per heavy atom. The Balaban J connectivity index is 1.65. The van der Waals surface area contributed by atoms with E-state index in [1.807, 2.05) is 30.3 Å².